The molecule has 0 bridgehead atoms. The molecule has 0 aliphatic rings. The number of aryl methyl sites for hydroxylation is 1. The van der Waals surface area contributed by atoms with Gasteiger partial charge >= 0.3 is 0 Å². The van der Waals surface area contributed by atoms with Crippen molar-refractivity contribution in [1.82, 2.24) is 20.9 Å². The smallest absolute Gasteiger partial charge is 0.226 e. The minimum atomic E-state index is 0. The number of halogens is 1. The van der Waals surface area contributed by atoms with E-state index in [1.54, 1.807) is 13.3 Å². The van der Waals surface area contributed by atoms with Crippen LogP contribution in [0.1, 0.15) is 31.5 Å². The summed E-state index contributed by atoms with van der Waals surface area (Å²) in [5, 5.41) is 9.12. The number of hydrogen-bond acceptors (Lipinski definition) is 4. The fourth-order valence-electron chi connectivity index (χ4n) is 2.30. The van der Waals surface area contributed by atoms with Gasteiger partial charge in [0.2, 0.25) is 11.8 Å². The van der Waals surface area contributed by atoms with Crippen LogP contribution in [0.5, 0.6) is 0 Å². The topological polar surface area (TPSA) is 91.5 Å². The van der Waals surface area contributed by atoms with Crippen molar-refractivity contribution in [3.63, 3.8) is 0 Å². The third-order valence-corrected chi connectivity index (χ3v) is 3.60. The third kappa shape index (κ3) is 7.98. The SMILES string of the molecule is CN=C(NCCC(=O)NC(C)C)NCc1coc(-c2ccc(C)cc2)n1.I. The summed E-state index contributed by atoms with van der Waals surface area (Å²) in [6, 6.07) is 8.18. The molecule has 2 aromatic rings. The van der Waals surface area contributed by atoms with Crippen LogP contribution in [0, 0.1) is 6.92 Å². The lowest BCUT2D eigenvalue weighted by Crippen LogP contribution is -2.39. The second kappa shape index (κ2) is 11.6. The Morgan fingerprint density at radius 1 is 1.22 bits per heavy atom. The molecule has 0 spiro atoms. The predicted octanol–water partition coefficient (Wildman–Crippen LogP) is 2.85. The van der Waals surface area contributed by atoms with Gasteiger partial charge in [0.15, 0.2) is 5.96 Å². The first-order valence-electron chi connectivity index (χ1n) is 8.73. The number of hydrogen-bond donors (Lipinski definition) is 3. The molecule has 0 saturated heterocycles. The van der Waals surface area contributed by atoms with E-state index in [0.29, 0.717) is 31.4 Å². The van der Waals surface area contributed by atoms with Gasteiger partial charge in [-0.2, -0.15) is 0 Å². The van der Waals surface area contributed by atoms with E-state index in [2.05, 4.69) is 25.9 Å². The number of carbonyl (C=O) groups excluding carboxylic acids is 1. The number of guanidine groups is 1. The number of aromatic nitrogens is 1. The summed E-state index contributed by atoms with van der Waals surface area (Å²) in [6.45, 7) is 6.90. The van der Waals surface area contributed by atoms with E-state index in [-0.39, 0.29) is 35.9 Å². The van der Waals surface area contributed by atoms with Crippen molar-refractivity contribution in [3.8, 4) is 11.5 Å². The van der Waals surface area contributed by atoms with Gasteiger partial charge in [-0.05, 0) is 32.9 Å². The summed E-state index contributed by atoms with van der Waals surface area (Å²) in [5.74, 6) is 1.22. The Morgan fingerprint density at radius 3 is 2.56 bits per heavy atom. The lowest BCUT2D eigenvalue weighted by Gasteiger charge is -2.12. The molecule has 0 aliphatic heterocycles. The van der Waals surface area contributed by atoms with Crippen molar-refractivity contribution >= 4 is 35.8 Å². The van der Waals surface area contributed by atoms with Gasteiger partial charge in [-0.3, -0.25) is 9.79 Å². The average Bonchev–Trinajstić information content (AvgIpc) is 3.07. The van der Waals surface area contributed by atoms with Crippen LogP contribution in [-0.2, 0) is 11.3 Å². The Morgan fingerprint density at radius 2 is 1.93 bits per heavy atom. The van der Waals surface area contributed by atoms with Crippen LogP contribution in [0.2, 0.25) is 0 Å². The van der Waals surface area contributed by atoms with Crippen LogP contribution in [0.4, 0.5) is 0 Å². The zero-order chi connectivity index (χ0) is 18.9. The molecule has 0 radical (unpaired) electrons. The maximum Gasteiger partial charge on any atom is 0.226 e. The van der Waals surface area contributed by atoms with Gasteiger partial charge in [-0.25, -0.2) is 4.98 Å². The highest BCUT2D eigenvalue weighted by atomic mass is 127. The molecule has 0 aliphatic carbocycles. The lowest BCUT2D eigenvalue weighted by atomic mass is 10.1. The van der Waals surface area contributed by atoms with Crippen molar-refractivity contribution < 1.29 is 9.21 Å². The second-order valence-electron chi connectivity index (χ2n) is 6.33. The molecule has 0 saturated carbocycles. The van der Waals surface area contributed by atoms with Crippen molar-refractivity contribution in [2.24, 2.45) is 4.99 Å². The number of nitrogens with one attached hydrogen (secondary N) is 3. The Labute approximate surface area is 177 Å². The molecule has 27 heavy (non-hydrogen) atoms. The molecular formula is C19H28IN5O2. The summed E-state index contributed by atoms with van der Waals surface area (Å²) < 4.78 is 5.54. The number of aliphatic imine (C=N–C) groups is 1. The Hall–Kier alpha value is -2.10. The maximum atomic E-state index is 11.6. The summed E-state index contributed by atoms with van der Waals surface area (Å²) >= 11 is 0. The number of benzene rings is 1. The van der Waals surface area contributed by atoms with E-state index in [4.69, 9.17) is 4.42 Å². The monoisotopic (exact) mass is 485 g/mol. The molecule has 2 rings (SSSR count). The van der Waals surface area contributed by atoms with E-state index in [9.17, 15) is 4.79 Å². The number of nitrogens with zero attached hydrogens (tertiary/aromatic N) is 2. The molecule has 3 N–H and O–H groups in total. The largest absolute Gasteiger partial charge is 0.444 e. The molecule has 8 heteroatoms. The van der Waals surface area contributed by atoms with Crippen LogP contribution in [-0.4, -0.2) is 36.5 Å². The molecular weight excluding hydrogens is 457 g/mol. The van der Waals surface area contributed by atoms with E-state index in [0.717, 1.165) is 11.3 Å². The quantitative estimate of drug-likeness (QED) is 0.319. The van der Waals surface area contributed by atoms with Crippen LogP contribution < -0.4 is 16.0 Å². The van der Waals surface area contributed by atoms with Crippen molar-refractivity contribution in [2.45, 2.75) is 39.8 Å². The standard InChI is InChI=1S/C19H27N5O2.HI/c1-13(2)23-17(25)9-10-21-19(20-4)22-11-16-12-26-18(24-16)15-7-5-14(3)6-8-15;/h5-8,12-13H,9-11H2,1-4H3,(H,23,25)(H2,20,21,22);1H. The van der Waals surface area contributed by atoms with E-state index < -0.39 is 0 Å². The number of carbonyl (C=O) groups is 1. The molecule has 1 aromatic carbocycles. The highest BCUT2D eigenvalue weighted by Crippen LogP contribution is 2.18. The molecule has 0 atom stereocenters. The van der Waals surface area contributed by atoms with Crippen molar-refractivity contribution in [1.29, 1.82) is 0 Å². The van der Waals surface area contributed by atoms with Gasteiger partial charge in [-0.15, -0.1) is 24.0 Å². The summed E-state index contributed by atoms with van der Waals surface area (Å²) in [6.07, 6.45) is 2.02. The Balaban J connectivity index is 0.00000364. The summed E-state index contributed by atoms with van der Waals surface area (Å²) in [5.41, 5.74) is 2.92. The first-order valence-corrected chi connectivity index (χ1v) is 8.73. The van der Waals surface area contributed by atoms with Crippen LogP contribution in [0.15, 0.2) is 39.9 Å². The van der Waals surface area contributed by atoms with Gasteiger partial charge in [-0.1, -0.05) is 17.7 Å². The molecule has 0 fully saturated rings. The zero-order valence-electron chi connectivity index (χ0n) is 16.2. The number of rotatable bonds is 7. The fraction of sp³-hybridized carbons (Fsp3) is 0.421. The first-order chi connectivity index (χ1) is 12.5. The lowest BCUT2D eigenvalue weighted by molar-refractivity contribution is -0.121. The fourth-order valence-corrected chi connectivity index (χ4v) is 2.30. The van der Waals surface area contributed by atoms with Gasteiger partial charge in [0.1, 0.15) is 6.26 Å². The van der Waals surface area contributed by atoms with E-state index >= 15 is 0 Å². The minimum absolute atomic E-state index is 0. The average molecular weight is 485 g/mol. The summed E-state index contributed by atoms with van der Waals surface area (Å²) in [7, 11) is 1.68. The predicted molar refractivity (Wildman–Crippen MR) is 118 cm³/mol. The van der Waals surface area contributed by atoms with Crippen LogP contribution >= 0.6 is 24.0 Å². The van der Waals surface area contributed by atoms with Gasteiger partial charge in [0.05, 0.1) is 12.2 Å². The zero-order valence-corrected chi connectivity index (χ0v) is 18.5. The van der Waals surface area contributed by atoms with Crippen molar-refractivity contribution in [2.75, 3.05) is 13.6 Å². The Kier molecular flexibility index (Phi) is 9.84. The molecule has 1 aromatic heterocycles. The summed E-state index contributed by atoms with van der Waals surface area (Å²) in [4.78, 5) is 20.2. The van der Waals surface area contributed by atoms with Crippen LogP contribution in [0.25, 0.3) is 11.5 Å². The normalized spacial score (nSPS) is 11.1. The van der Waals surface area contributed by atoms with Gasteiger partial charge < -0.3 is 20.4 Å². The Bertz CT molecular complexity index is 741. The molecule has 148 valence electrons. The molecule has 1 heterocycles. The highest BCUT2D eigenvalue weighted by Gasteiger charge is 2.08. The highest BCUT2D eigenvalue weighted by molar-refractivity contribution is 14.0. The van der Waals surface area contributed by atoms with E-state index in [1.165, 1.54) is 5.56 Å². The first kappa shape index (κ1) is 22.9. The third-order valence-electron chi connectivity index (χ3n) is 3.60. The van der Waals surface area contributed by atoms with Gasteiger partial charge in [0.25, 0.3) is 0 Å². The molecule has 0 unspecified atom stereocenters. The number of amides is 1. The number of oxazole rings is 1. The minimum Gasteiger partial charge on any atom is -0.444 e. The van der Waals surface area contributed by atoms with Gasteiger partial charge in [0, 0.05) is 31.6 Å². The van der Waals surface area contributed by atoms with Crippen molar-refractivity contribution in [3.05, 3.63) is 41.8 Å². The van der Waals surface area contributed by atoms with Crippen LogP contribution in [0.3, 0.4) is 0 Å². The maximum absolute atomic E-state index is 11.6. The molecule has 1 amide bonds. The second-order valence-corrected chi connectivity index (χ2v) is 6.33. The van der Waals surface area contributed by atoms with E-state index in [1.807, 2.05) is 45.0 Å². The molecule has 7 nitrogen and oxygen atoms in total.